The molecule has 1 atom stereocenters. The number of carbonyl (C=O) groups excluding carboxylic acids is 1. The molecule has 0 bridgehead atoms. The molecule has 13 heavy (non-hydrogen) atoms. The molecule has 0 aromatic carbocycles. The normalized spacial score (nSPS) is 12.9. The first-order valence-corrected chi connectivity index (χ1v) is 5.13. The summed E-state index contributed by atoms with van der Waals surface area (Å²) in [4.78, 5) is 10.2. The Hall–Kier alpha value is -0.570. The van der Waals surface area contributed by atoms with Gasteiger partial charge in [0.2, 0.25) is 6.41 Å². The van der Waals surface area contributed by atoms with E-state index in [1.54, 1.807) is 0 Å². The van der Waals surface area contributed by atoms with Gasteiger partial charge in [0.1, 0.15) is 0 Å². The summed E-state index contributed by atoms with van der Waals surface area (Å²) in [6.45, 7) is 7.41. The van der Waals surface area contributed by atoms with Gasteiger partial charge in [0.25, 0.3) is 0 Å². The zero-order valence-corrected chi connectivity index (χ0v) is 8.97. The molecule has 78 valence electrons. The quantitative estimate of drug-likeness (QED) is 0.443. The molecule has 0 aliphatic carbocycles. The van der Waals surface area contributed by atoms with Gasteiger partial charge in [-0.15, -0.1) is 0 Å². The van der Waals surface area contributed by atoms with Crippen molar-refractivity contribution in [1.29, 1.82) is 0 Å². The monoisotopic (exact) mass is 186 g/mol. The largest absolute Gasteiger partial charge is 0.356 e. The fourth-order valence-corrected chi connectivity index (χ4v) is 1.24. The summed E-state index contributed by atoms with van der Waals surface area (Å²) in [5.41, 5.74) is 0. The van der Waals surface area contributed by atoms with E-state index < -0.39 is 0 Å². The van der Waals surface area contributed by atoms with Crippen molar-refractivity contribution in [1.82, 2.24) is 10.6 Å². The average Bonchev–Trinajstić information content (AvgIpc) is 2.10. The number of hydrogen-bond acceptors (Lipinski definition) is 2. The smallest absolute Gasteiger partial charge is 0.207 e. The number of hydrogen-bond donors (Lipinski definition) is 2. The predicted molar refractivity (Wildman–Crippen MR) is 55.7 cm³/mol. The lowest BCUT2D eigenvalue weighted by Crippen LogP contribution is -2.29. The number of nitrogens with one attached hydrogen (secondary N) is 2. The van der Waals surface area contributed by atoms with Crippen molar-refractivity contribution in [2.75, 3.05) is 6.54 Å². The average molecular weight is 186 g/mol. The third kappa shape index (κ3) is 7.78. The molecule has 0 saturated heterocycles. The molecule has 0 fully saturated rings. The molecule has 1 amide bonds. The minimum Gasteiger partial charge on any atom is -0.356 e. The molecular weight excluding hydrogens is 164 g/mol. The molecule has 0 heterocycles. The predicted octanol–water partition coefficient (Wildman–Crippen LogP) is 1.29. The standard InChI is InChI=1S/C10H22N2O/c1-4-10(12-8-13)6-5-7-11-9(2)3/h8-11H,4-7H2,1-3H3,(H,12,13). The molecule has 1 unspecified atom stereocenters. The maximum Gasteiger partial charge on any atom is 0.207 e. The summed E-state index contributed by atoms with van der Waals surface area (Å²) in [5, 5.41) is 6.16. The molecule has 0 saturated carbocycles. The van der Waals surface area contributed by atoms with Crippen LogP contribution in [0.15, 0.2) is 0 Å². The Morgan fingerprint density at radius 1 is 1.38 bits per heavy atom. The van der Waals surface area contributed by atoms with Gasteiger partial charge in [0, 0.05) is 12.1 Å². The van der Waals surface area contributed by atoms with Crippen molar-refractivity contribution in [3.8, 4) is 0 Å². The van der Waals surface area contributed by atoms with Gasteiger partial charge in [-0.2, -0.15) is 0 Å². The van der Waals surface area contributed by atoms with E-state index in [0.29, 0.717) is 12.1 Å². The maximum absolute atomic E-state index is 10.2. The van der Waals surface area contributed by atoms with Crippen molar-refractivity contribution in [2.24, 2.45) is 0 Å². The van der Waals surface area contributed by atoms with E-state index in [-0.39, 0.29) is 0 Å². The zero-order valence-electron chi connectivity index (χ0n) is 8.97. The summed E-state index contributed by atoms with van der Waals surface area (Å²) < 4.78 is 0. The molecule has 0 rings (SSSR count). The molecular formula is C10H22N2O. The molecule has 0 aliphatic rings. The third-order valence-corrected chi connectivity index (χ3v) is 2.08. The number of rotatable bonds is 8. The lowest BCUT2D eigenvalue weighted by molar-refractivity contribution is -0.110. The highest BCUT2D eigenvalue weighted by Crippen LogP contribution is 1.99. The highest BCUT2D eigenvalue weighted by molar-refractivity contribution is 5.46. The van der Waals surface area contributed by atoms with Gasteiger partial charge in [0.05, 0.1) is 0 Å². The molecule has 3 nitrogen and oxygen atoms in total. The molecule has 0 radical (unpaired) electrons. The Morgan fingerprint density at radius 3 is 2.54 bits per heavy atom. The first kappa shape index (κ1) is 12.4. The van der Waals surface area contributed by atoms with Crippen LogP contribution in [0.4, 0.5) is 0 Å². The van der Waals surface area contributed by atoms with Crippen LogP contribution in [0.5, 0.6) is 0 Å². The summed E-state index contributed by atoms with van der Waals surface area (Å²) >= 11 is 0. The van der Waals surface area contributed by atoms with Gasteiger partial charge >= 0.3 is 0 Å². The van der Waals surface area contributed by atoms with E-state index in [2.05, 4.69) is 31.4 Å². The van der Waals surface area contributed by atoms with E-state index in [0.717, 1.165) is 32.2 Å². The molecule has 0 spiro atoms. The second-order valence-corrected chi connectivity index (χ2v) is 3.64. The highest BCUT2D eigenvalue weighted by atomic mass is 16.1. The van der Waals surface area contributed by atoms with E-state index in [4.69, 9.17) is 0 Å². The zero-order chi connectivity index (χ0) is 10.1. The lowest BCUT2D eigenvalue weighted by atomic mass is 10.1. The number of carbonyl (C=O) groups is 1. The first-order chi connectivity index (χ1) is 6.20. The van der Waals surface area contributed by atoms with E-state index in [9.17, 15) is 4.79 Å². The van der Waals surface area contributed by atoms with Crippen LogP contribution in [0.2, 0.25) is 0 Å². The third-order valence-electron chi connectivity index (χ3n) is 2.08. The summed E-state index contributed by atoms with van der Waals surface area (Å²) in [6, 6.07) is 0.908. The second-order valence-electron chi connectivity index (χ2n) is 3.64. The van der Waals surface area contributed by atoms with Gasteiger partial charge in [-0.3, -0.25) is 4.79 Å². The van der Waals surface area contributed by atoms with Crippen molar-refractivity contribution >= 4 is 6.41 Å². The minimum absolute atomic E-state index is 0.353. The van der Waals surface area contributed by atoms with Gasteiger partial charge in [0.15, 0.2) is 0 Å². The molecule has 0 aromatic heterocycles. The Morgan fingerprint density at radius 2 is 2.08 bits per heavy atom. The van der Waals surface area contributed by atoms with Gasteiger partial charge < -0.3 is 10.6 Å². The summed E-state index contributed by atoms with van der Waals surface area (Å²) in [5.74, 6) is 0. The number of amides is 1. The molecule has 3 heteroatoms. The van der Waals surface area contributed by atoms with E-state index in [1.807, 2.05) is 0 Å². The van der Waals surface area contributed by atoms with Crippen LogP contribution in [0.25, 0.3) is 0 Å². The van der Waals surface area contributed by atoms with E-state index >= 15 is 0 Å². The van der Waals surface area contributed by atoms with Crippen molar-refractivity contribution in [3.63, 3.8) is 0 Å². The van der Waals surface area contributed by atoms with Crippen molar-refractivity contribution in [3.05, 3.63) is 0 Å². The van der Waals surface area contributed by atoms with Gasteiger partial charge in [-0.25, -0.2) is 0 Å². The van der Waals surface area contributed by atoms with Crippen molar-refractivity contribution < 1.29 is 4.79 Å². The Kier molecular flexibility index (Phi) is 7.69. The Bertz CT molecular complexity index is 126. The highest BCUT2D eigenvalue weighted by Gasteiger charge is 2.03. The van der Waals surface area contributed by atoms with Crippen LogP contribution in [0.3, 0.4) is 0 Å². The van der Waals surface area contributed by atoms with Crippen LogP contribution in [0.1, 0.15) is 40.0 Å². The summed E-state index contributed by atoms with van der Waals surface area (Å²) in [6.07, 6.45) is 4.00. The van der Waals surface area contributed by atoms with Crippen LogP contribution in [-0.2, 0) is 4.79 Å². The minimum atomic E-state index is 0.353. The van der Waals surface area contributed by atoms with Crippen LogP contribution < -0.4 is 10.6 Å². The van der Waals surface area contributed by atoms with Crippen molar-refractivity contribution in [2.45, 2.75) is 52.1 Å². The fraction of sp³-hybridized carbons (Fsp3) is 0.900. The lowest BCUT2D eigenvalue weighted by Gasteiger charge is -2.14. The molecule has 2 N–H and O–H groups in total. The molecule has 0 aromatic rings. The van der Waals surface area contributed by atoms with Crippen LogP contribution in [-0.4, -0.2) is 25.0 Å². The van der Waals surface area contributed by atoms with E-state index in [1.165, 1.54) is 0 Å². The fourth-order valence-electron chi connectivity index (χ4n) is 1.24. The topological polar surface area (TPSA) is 41.1 Å². The van der Waals surface area contributed by atoms with Crippen LogP contribution >= 0.6 is 0 Å². The molecule has 0 aliphatic heterocycles. The summed E-state index contributed by atoms with van der Waals surface area (Å²) in [7, 11) is 0. The Labute approximate surface area is 81.3 Å². The van der Waals surface area contributed by atoms with Crippen LogP contribution in [0, 0.1) is 0 Å². The SMILES string of the molecule is CCC(CCCNC(C)C)NC=O. The first-order valence-electron chi connectivity index (χ1n) is 5.13. The second kappa shape index (κ2) is 8.05. The van der Waals surface area contributed by atoms with Gasteiger partial charge in [-0.05, 0) is 25.8 Å². The Balaban J connectivity index is 3.32. The maximum atomic E-state index is 10.2. The van der Waals surface area contributed by atoms with Gasteiger partial charge in [-0.1, -0.05) is 20.8 Å².